The number of hydrogen-bond donors (Lipinski definition) is 0. The topological polar surface area (TPSA) is 30.0 Å². The van der Waals surface area contributed by atoms with E-state index >= 15 is 0 Å². The third-order valence-corrected chi connectivity index (χ3v) is 3.34. The van der Waals surface area contributed by atoms with Crippen molar-refractivity contribution in [2.75, 3.05) is 5.33 Å². The number of pyridine rings is 1. The number of halogens is 2. The van der Waals surface area contributed by atoms with Crippen LogP contribution < -0.4 is 0 Å². The highest BCUT2D eigenvalue weighted by atomic mass is 79.9. The molecule has 2 nitrogen and oxygen atoms in total. The normalized spacial score (nSPS) is 10.8. The van der Waals surface area contributed by atoms with Crippen molar-refractivity contribution >= 4 is 44.2 Å². The van der Waals surface area contributed by atoms with Crippen molar-refractivity contribution in [3.63, 3.8) is 0 Å². The molecule has 1 aromatic heterocycles. The molecule has 0 radical (unpaired) electrons. The summed E-state index contributed by atoms with van der Waals surface area (Å²) in [6, 6.07) is 5.64. The molecule has 0 saturated carbocycles. The van der Waals surface area contributed by atoms with Gasteiger partial charge >= 0.3 is 0 Å². The molecule has 1 aromatic carbocycles. The number of alkyl halides is 1. The summed E-state index contributed by atoms with van der Waals surface area (Å²) in [6.45, 7) is 3.98. The summed E-state index contributed by atoms with van der Waals surface area (Å²) in [6.07, 6.45) is 0. The van der Waals surface area contributed by atoms with E-state index in [1.54, 1.807) is 6.07 Å². The van der Waals surface area contributed by atoms with Gasteiger partial charge in [0, 0.05) is 10.9 Å². The maximum atomic E-state index is 11.9. The fourth-order valence-electron chi connectivity index (χ4n) is 1.95. The molecule has 1 heterocycles. The highest BCUT2D eigenvalue weighted by molar-refractivity contribution is 9.09. The summed E-state index contributed by atoms with van der Waals surface area (Å²) in [7, 11) is 0. The molecule has 0 aliphatic carbocycles. The molecule has 0 amide bonds. The summed E-state index contributed by atoms with van der Waals surface area (Å²) in [5.74, 6) is 0.0179. The molecule has 0 unspecified atom stereocenters. The number of nitrogens with zero attached hydrogens (tertiary/aromatic N) is 1. The number of aromatic nitrogens is 1. The van der Waals surface area contributed by atoms with Gasteiger partial charge in [0.1, 0.15) is 5.15 Å². The molecule has 0 fully saturated rings. The Kier molecular flexibility index (Phi) is 3.50. The second kappa shape index (κ2) is 4.75. The van der Waals surface area contributed by atoms with Gasteiger partial charge in [0.05, 0.1) is 10.8 Å². The van der Waals surface area contributed by atoms with Gasteiger partial charge in [0.2, 0.25) is 0 Å². The maximum Gasteiger partial charge on any atom is 0.174 e. The lowest BCUT2D eigenvalue weighted by atomic mass is 10.0. The van der Waals surface area contributed by atoms with Crippen LogP contribution in [0.1, 0.15) is 21.5 Å². The van der Waals surface area contributed by atoms with Crippen molar-refractivity contribution in [1.29, 1.82) is 0 Å². The van der Waals surface area contributed by atoms with Gasteiger partial charge < -0.3 is 0 Å². The van der Waals surface area contributed by atoms with Crippen LogP contribution in [-0.4, -0.2) is 16.1 Å². The first-order valence-electron chi connectivity index (χ1n) is 5.19. The number of benzene rings is 1. The Morgan fingerprint density at radius 1 is 1.35 bits per heavy atom. The van der Waals surface area contributed by atoms with E-state index in [1.807, 2.05) is 26.0 Å². The lowest BCUT2D eigenvalue weighted by Crippen LogP contribution is -2.03. The Hall–Kier alpha value is -0.930. The van der Waals surface area contributed by atoms with E-state index in [4.69, 9.17) is 11.6 Å². The SMILES string of the molecule is Cc1cc(C)c2nc(Cl)cc(C(=O)CBr)c2c1. The van der Waals surface area contributed by atoms with E-state index in [1.165, 1.54) is 0 Å². The second-order valence-electron chi connectivity index (χ2n) is 4.03. The fraction of sp³-hybridized carbons (Fsp3) is 0.231. The fourth-order valence-corrected chi connectivity index (χ4v) is 2.45. The Morgan fingerprint density at radius 3 is 2.71 bits per heavy atom. The van der Waals surface area contributed by atoms with Crippen molar-refractivity contribution in [3.05, 3.63) is 40.0 Å². The van der Waals surface area contributed by atoms with Crippen LogP contribution in [0.25, 0.3) is 10.9 Å². The lowest BCUT2D eigenvalue weighted by Gasteiger charge is -2.08. The molecule has 0 spiro atoms. The van der Waals surface area contributed by atoms with Gasteiger partial charge in [0.25, 0.3) is 0 Å². The van der Waals surface area contributed by atoms with Crippen LogP contribution in [0.3, 0.4) is 0 Å². The molecular formula is C13H11BrClNO. The molecule has 88 valence electrons. The van der Waals surface area contributed by atoms with Gasteiger partial charge in [-0.25, -0.2) is 4.98 Å². The Balaban J connectivity index is 2.87. The number of aryl methyl sites for hydroxylation is 2. The third kappa shape index (κ3) is 2.35. The maximum absolute atomic E-state index is 11.9. The van der Waals surface area contributed by atoms with Gasteiger partial charge in [-0.15, -0.1) is 0 Å². The molecule has 0 aliphatic rings. The first-order chi connectivity index (χ1) is 8.02. The van der Waals surface area contributed by atoms with Crippen LogP contribution in [0.15, 0.2) is 18.2 Å². The summed E-state index contributed by atoms with van der Waals surface area (Å²) in [4.78, 5) is 16.2. The Labute approximate surface area is 113 Å². The average Bonchev–Trinajstić information content (AvgIpc) is 2.28. The molecule has 0 N–H and O–H groups in total. The van der Waals surface area contributed by atoms with Crippen LogP contribution in [0.4, 0.5) is 0 Å². The molecule has 0 bridgehead atoms. The predicted molar refractivity (Wildman–Crippen MR) is 74.4 cm³/mol. The van der Waals surface area contributed by atoms with Crippen molar-refractivity contribution in [3.8, 4) is 0 Å². The van der Waals surface area contributed by atoms with Gasteiger partial charge in [-0.1, -0.05) is 39.2 Å². The predicted octanol–water partition coefficient (Wildman–Crippen LogP) is 4.08. The third-order valence-electron chi connectivity index (χ3n) is 2.64. The molecule has 0 atom stereocenters. The molecule has 2 aromatic rings. The van der Waals surface area contributed by atoms with Crippen molar-refractivity contribution in [1.82, 2.24) is 4.98 Å². The van der Waals surface area contributed by atoms with E-state index < -0.39 is 0 Å². The van der Waals surface area contributed by atoms with Gasteiger partial charge in [0.15, 0.2) is 5.78 Å². The number of carbonyl (C=O) groups excluding carboxylic acids is 1. The lowest BCUT2D eigenvalue weighted by molar-refractivity contribution is 0.102. The van der Waals surface area contributed by atoms with Crippen LogP contribution >= 0.6 is 27.5 Å². The van der Waals surface area contributed by atoms with Crippen molar-refractivity contribution in [2.45, 2.75) is 13.8 Å². The summed E-state index contributed by atoms with van der Waals surface area (Å²) in [5.41, 5.74) is 3.57. The molecule has 0 aliphatic heterocycles. The van der Waals surface area contributed by atoms with Gasteiger partial charge in [-0.2, -0.15) is 0 Å². The van der Waals surface area contributed by atoms with E-state index in [-0.39, 0.29) is 11.1 Å². The zero-order chi connectivity index (χ0) is 12.6. The minimum Gasteiger partial charge on any atom is -0.293 e. The monoisotopic (exact) mass is 311 g/mol. The Bertz CT molecular complexity index is 610. The quantitative estimate of drug-likeness (QED) is 0.475. The van der Waals surface area contributed by atoms with Gasteiger partial charge in [-0.05, 0) is 31.5 Å². The van der Waals surface area contributed by atoms with E-state index in [0.717, 1.165) is 22.0 Å². The highest BCUT2D eigenvalue weighted by Crippen LogP contribution is 2.25. The van der Waals surface area contributed by atoms with Crippen LogP contribution in [0.5, 0.6) is 0 Å². The number of rotatable bonds is 2. The van der Waals surface area contributed by atoms with Crippen molar-refractivity contribution in [2.24, 2.45) is 0 Å². The van der Waals surface area contributed by atoms with Crippen LogP contribution in [0, 0.1) is 13.8 Å². The second-order valence-corrected chi connectivity index (χ2v) is 4.98. The molecular weight excluding hydrogens is 302 g/mol. The average molecular weight is 313 g/mol. The summed E-state index contributed by atoms with van der Waals surface area (Å²) >= 11 is 9.14. The summed E-state index contributed by atoms with van der Waals surface area (Å²) in [5, 5.41) is 1.51. The minimum absolute atomic E-state index is 0.0179. The zero-order valence-corrected chi connectivity index (χ0v) is 11.9. The van der Waals surface area contributed by atoms with E-state index in [2.05, 4.69) is 20.9 Å². The Morgan fingerprint density at radius 2 is 2.06 bits per heavy atom. The number of hydrogen-bond acceptors (Lipinski definition) is 2. The highest BCUT2D eigenvalue weighted by Gasteiger charge is 2.13. The largest absolute Gasteiger partial charge is 0.293 e. The smallest absolute Gasteiger partial charge is 0.174 e. The van der Waals surface area contributed by atoms with Crippen LogP contribution in [-0.2, 0) is 0 Å². The zero-order valence-electron chi connectivity index (χ0n) is 9.55. The summed E-state index contributed by atoms with van der Waals surface area (Å²) < 4.78 is 0. The molecule has 0 saturated heterocycles. The number of ketones is 1. The first kappa shape index (κ1) is 12.5. The standard InChI is InChI=1S/C13H11BrClNO/c1-7-3-8(2)13-10(4-7)9(11(17)6-14)5-12(15)16-13/h3-5H,6H2,1-2H3. The molecule has 2 rings (SSSR count). The van der Waals surface area contributed by atoms with E-state index in [0.29, 0.717) is 10.7 Å². The van der Waals surface area contributed by atoms with E-state index in [9.17, 15) is 4.79 Å². The minimum atomic E-state index is 0.0179. The molecule has 4 heteroatoms. The van der Waals surface area contributed by atoms with Gasteiger partial charge in [-0.3, -0.25) is 4.79 Å². The number of Topliss-reactive ketones (excluding diaryl/α,β-unsaturated/α-hetero) is 1. The number of fused-ring (bicyclic) bond motifs is 1. The first-order valence-corrected chi connectivity index (χ1v) is 6.69. The molecule has 17 heavy (non-hydrogen) atoms. The number of carbonyl (C=O) groups is 1. The van der Waals surface area contributed by atoms with Crippen molar-refractivity contribution < 1.29 is 4.79 Å². The van der Waals surface area contributed by atoms with Crippen LogP contribution in [0.2, 0.25) is 5.15 Å².